The van der Waals surface area contributed by atoms with Gasteiger partial charge in [-0.05, 0) is 55.9 Å². The number of sulfonamides is 1. The van der Waals surface area contributed by atoms with Crippen LogP contribution in [0.4, 0.5) is 0 Å². The van der Waals surface area contributed by atoms with E-state index in [-0.39, 0.29) is 22.6 Å². The molecule has 1 aromatic rings. The van der Waals surface area contributed by atoms with E-state index in [1.54, 1.807) is 19.2 Å². The van der Waals surface area contributed by atoms with Crippen LogP contribution >= 0.6 is 11.6 Å². The molecule has 0 spiro atoms. The molecule has 1 aliphatic carbocycles. The summed E-state index contributed by atoms with van der Waals surface area (Å²) in [6, 6.07) is 6.10. The number of hydrogen-bond acceptors (Lipinski definition) is 4. The van der Waals surface area contributed by atoms with Gasteiger partial charge in [-0.1, -0.05) is 11.6 Å². The van der Waals surface area contributed by atoms with Crippen LogP contribution in [0.2, 0.25) is 5.02 Å². The van der Waals surface area contributed by atoms with Gasteiger partial charge in [-0.25, -0.2) is 13.1 Å². The van der Waals surface area contributed by atoms with Crippen molar-refractivity contribution in [2.24, 2.45) is 11.8 Å². The molecule has 25 heavy (non-hydrogen) atoms. The Morgan fingerprint density at radius 1 is 1.20 bits per heavy atom. The first-order valence-corrected chi connectivity index (χ1v) is 10.3. The molecule has 0 bridgehead atoms. The highest BCUT2D eigenvalue weighted by Gasteiger charge is 2.27. The van der Waals surface area contributed by atoms with Gasteiger partial charge >= 0.3 is 0 Å². The van der Waals surface area contributed by atoms with Gasteiger partial charge < -0.3 is 10.1 Å². The summed E-state index contributed by atoms with van der Waals surface area (Å²) in [6.45, 7) is 1.42. The zero-order valence-corrected chi connectivity index (χ0v) is 15.9. The summed E-state index contributed by atoms with van der Waals surface area (Å²) in [5.41, 5.74) is 0. The summed E-state index contributed by atoms with van der Waals surface area (Å²) >= 11 is 5.78. The highest BCUT2D eigenvalue weighted by atomic mass is 35.5. The van der Waals surface area contributed by atoms with Crippen molar-refractivity contribution in [3.63, 3.8) is 0 Å². The topological polar surface area (TPSA) is 84.5 Å². The Bertz CT molecular complexity index is 656. The Morgan fingerprint density at radius 3 is 2.44 bits per heavy atom. The fourth-order valence-corrected chi connectivity index (χ4v) is 4.22. The largest absolute Gasteiger partial charge is 0.383 e. The summed E-state index contributed by atoms with van der Waals surface area (Å²) in [5, 5.41) is 3.37. The Balaban J connectivity index is 1.76. The lowest BCUT2D eigenvalue weighted by atomic mass is 9.81. The number of carbonyl (C=O) groups excluding carboxylic acids is 1. The summed E-state index contributed by atoms with van der Waals surface area (Å²) < 4.78 is 32.1. The van der Waals surface area contributed by atoms with Crippen LogP contribution in [0.5, 0.6) is 0 Å². The highest BCUT2D eigenvalue weighted by Crippen LogP contribution is 2.28. The van der Waals surface area contributed by atoms with E-state index in [2.05, 4.69) is 10.0 Å². The van der Waals surface area contributed by atoms with Crippen LogP contribution in [0.3, 0.4) is 0 Å². The summed E-state index contributed by atoms with van der Waals surface area (Å²) in [4.78, 5) is 12.2. The van der Waals surface area contributed by atoms with E-state index in [0.29, 0.717) is 24.7 Å². The van der Waals surface area contributed by atoms with Gasteiger partial charge in [-0.3, -0.25) is 4.79 Å². The van der Waals surface area contributed by atoms with E-state index in [1.807, 2.05) is 0 Å². The number of hydrogen-bond donors (Lipinski definition) is 2. The number of methoxy groups -OCH3 is 1. The highest BCUT2D eigenvalue weighted by molar-refractivity contribution is 7.89. The minimum atomic E-state index is -3.52. The summed E-state index contributed by atoms with van der Waals surface area (Å²) in [7, 11) is -1.92. The molecule has 0 unspecified atom stereocenters. The van der Waals surface area contributed by atoms with Crippen molar-refractivity contribution < 1.29 is 17.9 Å². The molecule has 1 saturated carbocycles. The molecule has 0 atom stereocenters. The molecule has 0 aromatic heterocycles. The van der Waals surface area contributed by atoms with Gasteiger partial charge in [0.05, 0.1) is 11.5 Å². The van der Waals surface area contributed by atoms with Crippen molar-refractivity contribution in [1.29, 1.82) is 0 Å². The molecule has 1 fully saturated rings. The molecule has 0 heterocycles. The van der Waals surface area contributed by atoms with E-state index >= 15 is 0 Å². The predicted molar refractivity (Wildman–Crippen MR) is 97.0 cm³/mol. The van der Waals surface area contributed by atoms with Gasteiger partial charge in [0.1, 0.15) is 0 Å². The van der Waals surface area contributed by atoms with Crippen molar-refractivity contribution in [2.75, 3.05) is 26.8 Å². The van der Waals surface area contributed by atoms with Crippen molar-refractivity contribution in [2.45, 2.75) is 30.6 Å². The average Bonchev–Trinajstić information content (AvgIpc) is 2.61. The molecule has 1 amide bonds. The van der Waals surface area contributed by atoms with E-state index in [4.69, 9.17) is 16.3 Å². The van der Waals surface area contributed by atoms with E-state index in [1.165, 1.54) is 12.1 Å². The Hall–Kier alpha value is -1.15. The minimum absolute atomic E-state index is 0.0148. The van der Waals surface area contributed by atoms with E-state index in [0.717, 1.165) is 25.7 Å². The third kappa shape index (κ3) is 6.26. The van der Waals surface area contributed by atoms with Crippen LogP contribution in [0.15, 0.2) is 29.2 Å². The first-order valence-electron chi connectivity index (χ1n) is 8.44. The number of rotatable bonds is 8. The third-order valence-electron chi connectivity index (χ3n) is 4.51. The van der Waals surface area contributed by atoms with Crippen LogP contribution in [0, 0.1) is 11.8 Å². The number of nitrogens with one attached hydrogen (secondary N) is 2. The third-order valence-corrected chi connectivity index (χ3v) is 6.20. The zero-order chi connectivity index (χ0) is 18.3. The second-order valence-electron chi connectivity index (χ2n) is 6.31. The quantitative estimate of drug-likeness (QED) is 0.668. The molecular formula is C17H25ClN2O4S. The Labute approximate surface area is 154 Å². The van der Waals surface area contributed by atoms with Crippen molar-refractivity contribution >= 4 is 27.5 Å². The van der Waals surface area contributed by atoms with Crippen LogP contribution in [-0.2, 0) is 19.6 Å². The van der Waals surface area contributed by atoms with Gasteiger partial charge in [0.25, 0.3) is 0 Å². The molecule has 0 aliphatic heterocycles. The monoisotopic (exact) mass is 388 g/mol. The Kier molecular flexibility index (Phi) is 7.68. The molecule has 0 radical (unpaired) electrons. The molecule has 1 aliphatic rings. The van der Waals surface area contributed by atoms with Gasteiger partial charge in [-0.15, -0.1) is 0 Å². The minimum Gasteiger partial charge on any atom is -0.383 e. The first-order chi connectivity index (χ1) is 11.9. The van der Waals surface area contributed by atoms with Crippen molar-refractivity contribution in [3.8, 4) is 0 Å². The maximum absolute atomic E-state index is 12.3. The van der Waals surface area contributed by atoms with Crippen molar-refractivity contribution in [1.82, 2.24) is 10.0 Å². The van der Waals surface area contributed by atoms with Gasteiger partial charge in [0.2, 0.25) is 15.9 Å². The molecule has 1 aromatic carbocycles. The van der Waals surface area contributed by atoms with Crippen LogP contribution < -0.4 is 10.0 Å². The second-order valence-corrected chi connectivity index (χ2v) is 8.51. The predicted octanol–water partition coefficient (Wildman–Crippen LogP) is 2.19. The molecule has 8 heteroatoms. The number of carbonyl (C=O) groups is 1. The van der Waals surface area contributed by atoms with Gasteiger partial charge in [0, 0.05) is 31.1 Å². The maximum Gasteiger partial charge on any atom is 0.240 e. The van der Waals surface area contributed by atoms with E-state index in [9.17, 15) is 13.2 Å². The number of benzene rings is 1. The molecule has 140 valence electrons. The SMILES string of the molecule is COCCNC(=O)C1CCC(CNS(=O)(=O)c2ccc(Cl)cc2)CC1. The fourth-order valence-electron chi connectivity index (χ4n) is 2.97. The number of amides is 1. The first kappa shape index (κ1) is 20.2. The Morgan fingerprint density at radius 2 is 1.84 bits per heavy atom. The summed E-state index contributed by atoms with van der Waals surface area (Å²) in [6.07, 6.45) is 3.25. The maximum atomic E-state index is 12.3. The number of ether oxygens (including phenoxy) is 1. The van der Waals surface area contributed by atoms with Crippen LogP contribution in [-0.4, -0.2) is 41.1 Å². The van der Waals surface area contributed by atoms with Gasteiger partial charge in [-0.2, -0.15) is 0 Å². The lowest BCUT2D eigenvalue weighted by Gasteiger charge is -2.27. The number of halogens is 1. The lowest BCUT2D eigenvalue weighted by molar-refractivity contribution is -0.126. The van der Waals surface area contributed by atoms with Crippen LogP contribution in [0.25, 0.3) is 0 Å². The van der Waals surface area contributed by atoms with Crippen LogP contribution in [0.1, 0.15) is 25.7 Å². The lowest BCUT2D eigenvalue weighted by Crippen LogP contribution is -2.37. The normalized spacial score (nSPS) is 21.0. The second kappa shape index (κ2) is 9.52. The van der Waals surface area contributed by atoms with E-state index < -0.39 is 10.0 Å². The summed E-state index contributed by atoms with van der Waals surface area (Å²) in [5.74, 6) is 0.336. The zero-order valence-electron chi connectivity index (χ0n) is 14.3. The molecule has 6 nitrogen and oxygen atoms in total. The molecular weight excluding hydrogens is 364 g/mol. The smallest absolute Gasteiger partial charge is 0.240 e. The average molecular weight is 389 g/mol. The molecule has 0 saturated heterocycles. The molecule has 2 N–H and O–H groups in total. The van der Waals surface area contributed by atoms with Gasteiger partial charge in [0.15, 0.2) is 0 Å². The molecule has 2 rings (SSSR count). The standard InChI is InChI=1S/C17H25ClN2O4S/c1-24-11-10-19-17(21)14-4-2-13(3-5-14)12-20-25(22,23)16-8-6-15(18)7-9-16/h6-9,13-14,20H,2-5,10-12H2,1H3,(H,19,21). The fraction of sp³-hybridized carbons (Fsp3) is 0.588. The van der Waals surface area contributed by atoms with Crippen molar-refractivity contribution in [3.05, 3.63) is 29.3 Å².